The van der Waals surface area contributed by atoms with Crippen molar-refractivity contribution in [1.29, 1.82) is 0 Å². The van der Waals surface area contributed by atoms with E-state index in [0.717, 1.165) is 12.2 Å². The van der Waals surface area contributed by atoms with Gasteiger partial charge >= 0.3 is 0 Å². The van der Waals surface area contributed by atoms with Crippen LogP contribution < -0.4 is 5.32 Å². The summed E-state index contributed by atoms with van der Waals surface area (Å²) in [5, 5.41) is 3.19. The second kappa shape index (κ2) is 7.45. The third kappa shape index (κ3) is 4.97. The van der Waals surface area contributed by atoms with E-state index in [1.54, 1.807) is 13.4 Å². The minimum absolute atomic E-state index is 0.285. The fraction of sp³-hybridized carbons (Fsp3) is 0.636. The summed E-state index contributed by atoms with van der Waals surface area (Å²) in [7, 11) is 3.59. The molecular weight excluding hydrogens is 194 g/mol. The lowest BCUT2D eigenvalue weighted by molar-refractivity contribution is 0.0591. The molecule has 0 fully saturated rings. The van der Waals surface area contributed by atoms with Gasteiger partial charge in [-0.25, -0.2) is 0 Å². The average molecular weight is 213 g/mol. The van der Waals surface area contributed by atoms with E-state index in [1.165, 1.54) is 0 Å². The first-order valence-electron chi connectivity index (χ1n) is 5.13. The lowest BCUT2D eigenvalue weighted by atomic mass is 10.2. The highest BCUT2D eigenvalue weighted by Gasteiger charge is 2.08. The molecule has 0 aromatic carbocycles. The van der Waals surface area contributed by atoms with Crippen LogP contribution in [0.25, 0.3) is 0 Å². The summed E-state index contributed by atoms with van der Waals surface area (Å²) in [6.07, 6.45) is 2.53. The molecule has 4 heteroatoms. The molecular formula is C11H19NO3. The van der Waals surface area contributed by atoms with Crippen LogP contribution in [-0.2, 0) is 15.9 Å². The fourth-order valence-corrected chi connectivity index (χ4v) is 1.28. The van der Waals surface area contributed by atoms with Crippen molar-refractivity contribution in [3.05, 3.63) is 24.2 Å². The van der Waals surface area contributed by atoms with Crippen molar-refractivity contribution in [2.24, 2.45) is 0 Å². The van der Waals surface area contributed by atoms with Gasteiger partial charge in [0.2, 0.25) is 0 Å². The molecule has 0 aliphatic heterocycles. The van der Waals surface area contributed by atoms with Gasteiger partial charge in [0.1, 0.15) is 5.76 Å². The first-order valence-corrected chi connectivity index (χ1v) is 5.13. The van der Waals surface area contributed by atoms with E-state index in [-0.39, 0.29) is 6.04 Å². The lowest BCUT2D eigenvalue weighted by Crippen LogP contribution is -2.32. The van der Waals surface area contributed by atoms with Crippen LogP contribution in [-0.4, -0.2) is 40.0 Å². The van der Waals surface area contributed by atoms with Crippen LogP contribution in [0.3, 0.4) is 0 Å². The van der Waals surface area contributed by atoms with Crippen molar-refractivity contribution in [2.45, 2.75) is 12.5 Å². The van der Waals surface area contributed by atoms with Crippen LogP contribution in [0, 0.1) is 0 Å². The number of rotatable bonds is 8. The lowest BCUT2D eigenvalue weighted by Gasteiger charge is -2.14. The quantitative estimate of drug-likeness (QED) is 0.656. The van der Waals surface area contributed by atoms with Crippen LogP contribution >= 0.6 is 0 Å². The summed E-state index contributed by atoms with van der Waals surface area (Å²) >= 11 is 0. The Bertz CT molecular complexity index is 236. The third-order valence-electron chi connectivity index (χ3n) is 2.19. The van der Waals surface area contributed by atoms with Crippen LogP contribution in [0.5, 0.6) is 0 Å². The molecule has 0 radical (unpaired) electrons. The van der Waals surface area contributed by atoms with E-state index in [1.807, 2.05) is 19.2 Å². The number of furan rings is 1. The normalized spacial score (nSPS) is 12.9. The van der Waals surface area contributed by atoms with Crippen LogP contribution in [0.2, 0.25) is 0 Å². The minimum Gasteiger partial charge on any atom is -0.469 e. The Morgan fingerprint density at radius 2 is 2.33 bits per heavy atom. The summed E-state index contributed by atoms with van der Waals surface area (Å²) < 4.78 is 15.6. The van der Waals surface area contributed by atoms with Crippen molar-refractivity contribution in [1.82, 2.24) is 5.32 Å². The van der Waals surface area contributed by atoms with Crippen molar-refractivity contribution >= 4 is 0 Å². The zero-order valence-electron chi connectivity index (χ0n) is 9.36. The summed E-state index contributed by atoms with van der Waals surface area (Å²) in [5.41, 5.74) is 0. The zero-order valence-corrected chi connectivity index (χ0v) is 9.36. The van der Waals surface area contributed by atoms with Gasteiger partial charge in [0, 0.05) is 19.6 Å². The van der Waals surface area contributed by atoms with E-state index in [4.69, 9.17) is 13.9 Å². The van der Waals surface area contributed by atoms with Gasteiger partial charge in [-0.15, -0.1) is 0 Å². The Morgan fingerprint density at radius 1 is 1.47 bits per heavy atom. The molecule has 1 atom stereocenters. The molecule has 4 nitrogen and oxygen atoms in total. The molecule has 86 valence electrons. The highest BCUT2D eigenvalue weighted by Crippen LogP contribution is 2.04. The van der Waals surface area contributed by atoms with Crippen molar-refractivity contribution in [3.63, 3.8) is 0 Å². The second-order valence-electron chi connectivity index (χ2n) is 3.34. The molecule has 0 spiro atoms. The molecule has 0 aliphatic rings. The molecule has 0 bridgehead atoms. The summed E-state index contributed by atoms with van der Waals surface area (Å²) in [4.78, 5) is 0. The van der Waals surface area contributed by atoms with E-state index < -0.39 is 0 Å². The molecule has 1 N–H and O–H groups in total. The first-order chi connectivity index (χ1) is 7.36. The van der Waals surface area contributed by atoms with Crippen molar-refractivity contribution in [3.8, 4) is 0 Å². The maximum absolute atomic E-state index is 5.45. The Morgan fingerprint density at radius 3 is 2.93 bits per heavy atom. The van der Waals surface area contributed by atoms with E-state index in [0.29, 0.717) is 19.8 Å². The highest BCUT2D eigenvalue weighted by molar-refractivity contribution is 5.00. The molecule has 1 aromatic heterocycles. The number of likely N-dealkylation sites (N-methyl/N-ethyl adjacent to an activating group) is 1. The van der Waals surface area contributed by atoms with Gasteiger partial charge in [-0.1, -0.05) is 0 Å². The van der Waals surface area contributed by atoms with Crippen LogP contribution in [0.15, 0.2) is 22.8 Å². The average Bonchev–Trinajstić information content (AvgIpc) is 2.75. The zero-order chi connectivity index (χ0) is 10.9. The van der Waals surface area contributed by atoms with Crippen LogP contribution in [0.1, 0.15) is 5.76 Å². The fourth-order valence-electron chi connectivity index (χ4n) is 1.28. The van der Waals surface area contributed by atoms with Gasteiger partial charge in [-0.2, -0.15) is 0 Å². The topological polar surface area (TPSA) is 43.6 Å². The molecule has 15 heavy (non-hydrogen) atoms. The van der Waals surface area contributed by atoms with Gasteiger partial charge in [0.15, 0.2) is 0 Å². The molecule has 1 unspecified atom stereocenters. The molecule has 0 saturated heterocycles. The number of methoxy groups -OCH3 is 1. The Kier molecular flexibility index (Phi) is 6.08. The van der Waals surface area contributed by atoms with Crippen LogP contribution in [0.4, 0.5) is 0 Å². The van der Waals surface area contributed by atoms with Gasteiger partial charge in [-0.05, 0) is 19.2 Å². The Labute approximate surface area is 90.6 Å². The maximum atomic E-state index is 5.45. The maximum Gasteiger partial charge on any atom is 0.105 e. The third-order valence-corrected chi connectivity index (χ3v) is 2.19. The Hall–Kier alpha value is -0.840. The van der Waals surface area contributed by atoms with Crippen molar-refractivity contribution < 1.29 is 13.9 Å². The largest absolute Gasteiger partial charge is 0.469 e. The summed E-state index contributed by atoms with van der Waals surface area (Å²) in [5.74, 6) is 0.977. The van der Waals surface area contributed by atoms with Gasteiger partial charge in [0.25, 0.3) is 0 Å². The molecule has 0 saturated carbocycles. The predicted octanol–water partition coefficient (Wildman–Crippen LogP) is 1.07. The van der Waals surface area contributed by atoms with Gasteiger partial charge in [0.05, 0.1) is 26.1 Å². The van der Waals surface area contributed by atoms with E-state index >= 15 is 0 Å². The van der Waals surface area contributed by atoms with Gasteiger partial charge < -0.3 is 19.2 Å². The number of ether oxygens (including phenoxy) is 2. The molecule has 0 aliphatic carbocycles. The monoisotopic (exact) mass is 213 g/mol. The number of hydrogen-bond acceptors (Lipinski definition) is 4. The van der Waals surface area contributed by atoms with Crippen molar-refractivity contribution in [2.75, 3.05) is 34.0 Å². The van der Waals surface area contributed by atoms with E-state index in [2.05, 4.69) is 5.32 Å². The number of hydrogen-bond donors (Lipinski definition) is 1. The molecule has 0 amide bonds. The summed E-state index contributed by atoms with van der Waals surface area (Å²) in [6, 6.07) is 4.15. The Balaban J connectivity index is 2.18. The smallest absolute Gasteiger partial charge is 0.105 e. The van der Waals surface area contributed by atoms with E-state index in [9.17, 15) is 0 Å². The SMILES string of the molecule is CNC(COCCOC)Cc1ccco1. The standard InChI is InChI=1S/C11H19NO3/c1-12-10(9-14-7-6-13-2)8-11-4-3-5-15-11/h3-5,10,12H,6-9H2,1-2H3. The minimum atomic E-state index is 0.285. The molecule has 1 aromatic rings. The highest BCUT2D eigenvalue weighted by atomic mass is 16.5. The number of nitrogens with one attached hydrogen (secondary N) is 1. The van der Waals surface area contributed by atoms with Gasteiger partial charge in [-0.3, -0.25) is 0 Å². The molecule has 1 rings (SSSR count). The summed E-state index contributed by atoms with van der Waals surface area (Å²) in [6.45, 7) is 1.94. The molecule has 1 heterocycles. The first kappa shape index (κ1) is 12.2. The predicted molar refractivity (Wildman–Crippen MR) is 58.0 cm³/mol. The second-order valence-corrected chi connectivity index (χ2v) is 3.34.